The summed E-state index contributed by atoms with van der Waals surface area (Å²) in [5.41, 5.74) is 0.378. The maximum Gasteiger partial charge on any atom is 0.341 e. The standard InChI is InChI=1S/C15H9Cl2NO4/c1-2-22-15(21)8-7-5-3-4-6-18(7)12-9(8)13(19)10(16)11(17)14(12)20/h3-6H,2H2,1H3. The van der Waals surface area contributed by atoms with Gasteiger partial charge in [0.25, 0.3) is 0 Å². The number of ether oxygens (including phenoxy) is 1. The molecule has 1 aliphatic rings. The van der Waals surface area contributed by atoms with Crippen LogP contribution in [-0.2, 0) is 4.74 Å². The molecule has 7 heteroatoms. The number of ketones is 2. The minimum atomic E-state index is -0.684. The van der Waals surface area contributed by atoms with Gasteiger partial charge in [0.2, 0.25) is 11.6 Å². The van der Waals surface area contributed by atoms with Crippen LogP contribution in [0, 0.1) is 0 Å². The van der Waals surface area contributed by atoms with Crippen molar-refractivity contribution in [1.82, 2.24) is 4.40 Å². The van der Waals surface area contributed by atoms with E-state index in [4.69, 9.17) is 27.9 Å². The number of esters is 1. The van der Waals surface area contributed by atoms with Gasteiger partial charge in [-0.25, -0.2) is 4.79 Å². The number of fused-ring (bicyclic) bond motifs is 3. The molecule has 0 amide bonds. The Morgan fingerprint density at radius 1 is 1.18 bits per heavy atom. The number of carbonyl (C=O) groups excluding carboxylic acids is 3. The molecule has 5 nitrogen and oxygen atoms in total. The van der Waals surface area contributed by atoms with Crippen LogP contribution in [0.25, 0.3) is 5.52 Å². The highest BCUT2D eigenvalue weighted by atomic mass is 35.5. The third-order valence-electron chi connectivity index (χ3n) is 3.36. The minimum absolute atomic E-state index is 0.0260. The van der Waals surface area contributed by atoms with E-state index in [-0.39, 0.29) is 33.5 Å². The highest BCUT2D eigenvalue weighted by Gasteiger charge is 2.38. The van der Waals surface area contributed by atoms with Crippen molar-refractivity contribution >= 4 is 46.3 Å². The van der Waals surface area contributed by atoms with Crippen molar-refractivity contribution in [3.63, 3.8) is 0 Å². The Morgan fingerprint density at radius 2 is 1.86 bits per heavy atom. The van der Waals surface area contributed by atoms with Crippen molar-refractivity contribution in [2.75, 3.05) is 6.61 Å². The molecule has 0 unspecified atom stereocenters. The molecular formula is C15H9Cl2NO4. The fourth-order valence-electron chi connectivity index (χ4n) is 2.48. The molecule has 0 bridgehead atoms. The molecule has 0 aromatic carbocycles. The van der Waals surface area contributed by atoms with Crippen molar-refractivity contribution in [1.29, 1.82) is 0 Å². The second-order valence-electron chi connectivity index (χ2n) is 4.56. The number of nitrogens with zero attached hydrogens (tertiary/aromatic N) is 1. The topological polar surface area (TPSA) is 64.8 Å². The number of carbonyl (C=O) groups is 3. The summed E-state index contributed by atoms with van der Waals surface area (Å²) >= 11 is 11.7. The van der Waals surface area contributed by atoms with E-state index in [9.17, 15) is 14.4 Å². The zero-order chi connectivity index (χ0) is 16.0. The molecule has 0 spiro atoms. The van der Waals surface area contributed by atoms with Crippen molar-refractivity contribution in [2.24, 2.45) is 0 Å². The number of allylic oxidation sites excluding steroid dienone is 2. The van der Waals surface area contributed by atoms with Gasteiger partial charge in [0, 0.05) is 6.20 Å². The van der Waals surface area contributed by atoms with Crippen LogP contribution in [0.2, 0.25) is 0 Å². The summed E-state index contributed by atoms with van der Waals surface area (Å²) in [7, 11) is 0. The fraction of sp³-hybridized carbons (Fsp3) is 0.133. The van der Waals surface area contributed by atoms with E-state index in [1.165, 1.54) is 4.40 Å². The molecular weight excluding hydrogens is 329 g/mol. The van der Waals surface area contributed by atoms with Crippen molar-refractivity contribution in [3.05, 3.63) is 51.3 Å². The van der Waals surface area contributed by atoms with Crippen LogP contribution >= 0.6 is 23.2 Å². The Labute approximate surface area is 135 Å². The van der Waals surface area contributed by atoms with Crippen LogP contribution in [0.15, 0.2) is 34.5 Å². The van der Waals surface area contributed by atoms with Gasteiger partial charge < -0.3 is 9.14 Å². The van der Waals surface area contributed by atoms with E-state index in [1.807, 2.05) is 0 Å². The zero-order valence-electron chi connectivity index (χ0n) is 11.4. The summed E-state index contributed by atoms with van der Waals surface area (Å²) in [5.74, 6) is -1.94. The highest BCUT2D eigenvalue weighted by Crippen LogP contribution is 2.36. The fourth-order valence-corrected chi connectivity index (χ4v) is 2.83. The Balaban J connectivity index is 2.43. The van der Waals surface area contributed by atoms with E-state index in [0.29, 0.717) is 5.52 Å². The number of Topliss-reactive ketones (excluding diaryl/α,β-unsaturated/α-hetero) is 2. The normalized spacial score (nSPS) is 14.5. The number of rotatable bonds is 2. The lowest BCUT2D eigenvalue weighted by molar-refractivity contribution is 0.0526. The molecule has 112 valence electrons. The van der Waals surface area contributed by atoms with Gasteiger partial charge in [-0.15, -0.1) is 0 Å². The Morgan fingerprint density at radius 3 is 2.55 bits per heavy atom. The lowest BCUT2D eigenvalue weighted by atomic mass is 9.97. The van der Waals surface area contributed by atoms with E-state index in [2.05, 4.69) is 0 Å². The van der Waals surface area contributed by atoms with Crippen molar-refractivity contribution < 1.29 is 19.1 Å². The zero-order valence-corrected chi connectivity index (χ0v) is 12.9. The highest BCUT2D eigenvalue weighted by molar-refractivity contribution is 6.59. The summed E-state index contributed by atoms with van der Waals surface area (Å²) in [6, 6.07) is 4.98. The van der Waals surface area contributed by atoms with Gasteiger partial charge in [0.15, 0.2) is 0 Å². The number of pyridine rings is 1. The summed E-state index contributed by atoms with van der Waals surface area (Å²) in [5, 5.41) is -0.738. The molecule has 0 saturated heterocycles. The maximum absolute atomic E-state index is 12.4. The second-order valence-corrected chi connectivity index (χ2v) is 5.32. The summed E-state index contributed by atoms with van der Waals surface area (Å²) < 4.78 is 6.45. The first-order valence-electron chi connectivity index (χ1n) is 6.43. The molecule has 0 saturated carbocycles. The molecule has 1 aliphatic carbocycles. The average molecular weight is 338 g/mol. The summed E-state index contributed by atoms with van der Waals surface area (Å²) in [6.07, 6.45) is 1.57. The smallest absolute Gasteiger partial charge is 0.341 e. The number of aromatic nitrogens is 1. The minimum Gasteiger partial charge on any atom is -0.462 e. The van der Waals surface area contributed by atoms with Crippen LogP contribution in [0.5, 0.6) is 0 Å². The monoisotopic (exact) mass is 337 g/mol. The molecule has 2 aromatic heterocycles. The van der Waals surface area contributed by atoms with Crippen molar-refractivity contribution in [3.8, 4) is 0 Å². The van der Waals surface area contributed by atoms with Crippen molar-refractivity contribution in [2.45, 2.75) is 6.92 Å². The first-order chi connectivity index (χ1) is 10.5. The van der Waals surface area contributed by atoms with Crippen LogP contribution in [0.4, 0.5) is 0 Å². The Hall–Kier alpha value is -2.11. The van der Waals surface area contributed by atoms with Gasteiger partial charge in [-0.05, 0) is 19.1 Å². The lowest BCUT2D eigenvalue weighted by Crippen LogP contribution is -2.20. The Bertz CT molecular complexity index is 879. The molecule has 0 atom stereocenters. The Kier molecular flexibility index (Phi) is 3.54. The summed E-state index contributed by atoms with van der Waals surface area (Å²) in [6.45, 7) is 1.80. The number of halogens is 2. The number of hydrogen-bond acceptors (Lipinski definition) is 4. The van der Waals surface area contributed by atoms with E-state index < -0.39 is 17.5 Å². The van der Waals surface area contributed by atoms with E-state index in [1.54, 1.807) is 31.3 Å². The van der Waals surface area contributed by atoms with Gasteiger partial charge in [-0.2, -0.15) is 0 Å². The van der Waals surface area contributed by atoms with Crippen LogP contribution in [0.3, 0.4) is 0 Å². The average Bonchev–Trinajstić information content (AvgIpc) is 2.86. The van der Waals surface area contributed by atoms with Gasteiger partial charge in [-0.1, -0.05) is 29.3 Å². The lowest BCUT2D eigenvalue weighted by Gasteiger charge is -2.12. The first-order valence-corrected chi connectivity index (χ1v) is 7.19. The van der Waals surface area contributed by atoms with Gasteiger partial charge >= 0.3 is 5.97 Å². The molecule has 2 heterocycles. The third kappa shape index (κ3) is 1.90. The molecule has 22 heavy (non-hydrogen) atoms. The van der Waals surface area contributed by atoms with E-state index >= 15 is 0 Å². The largest absolute Gasteiger partial charge is 0.462 e. The SMILES string of the molecule is CCOC(=O)c1c2c(n3ccccc13)C(=O)C(Cl)=C(Cl)C2=O. The quantitative estimate of drug-likeness (QED) is 0.789. The van der Waals surface area contributed by atoms with Gasteiger partial charge in [0.05, 0.1) is 23.3 Å². The molecule has 2 aromatic rings. The number of hydrogen-bond donors (Lipinski definition) is 0. The van der Waals surface area contributed by atoms with Gasteiger partial charge in [0.1, 0.15) is 15.8 Å². The predicted octanol–water partition coefficient (Wildman–Crippen LogP) is 3.18. The van der Waals surface area contributed by atoms with Crippen LogP contribution in [0.1, 0.15) is 38.1 Å². The molecule has 0 aliphatic heterocycles. The molecule has 0 fully saturated rings. The predicted molar refractivity (Wildman–Crippen MR) is 80.7 cm³/mol. The molecule has 3 rings (SSSR count). The summed E-state index contributed by atoms with van der Waals surface area (Å²) in [4.78, 5) is 37.0. The molecule has 0 radical (unpaired) electrons. The third-order valence-corrected chi connectivity index (χ3v) is 4.17. The first kappa shape index (κ1) is 14.8. The van der Waals surface area contributed by atoms with Gasteiger partial charge in [-0.3, -0.25) is 9.59 Å². The van der Waals surface area contributed by atoms with Crippen LogP contribution < -0.4 is 0 Å². The molecule has 0 N–H and O–H groups in total. The second kappa shape index (κ2) is 5.26. The van der Waals surface area contributed by atoms with E-state index in [0.717, 1.165) is 0 Å². The maximum atomic E-state index is 12.4. The van der Waals surface area contributed by atoms with Crippen LogP contribution in [-0.4, -0.2) is 28.5 Å².